The summed E-state index contributed by atoms with van der Waals surface area (Å²) in [5.74, 6) is 0. The Bertz CT molecular complexity index is 677. The number of hydrogen-bond acceptors (Lipinski definition) is 3. The number of hydrogen-bond donors (Lipinski definition) is 2. The van der Waals surface area contributed by atoms with Crippen molar-refractivity contribution < 1.29 is 5.11 Å². The summed E-state index contributed by atoms with van der Waals surface area (Å²) in [6.45, 7) is 10.1. The van der Waals surface area contributed by atoms with Gasteiger partial charge in [-0.25, -0.2) is 0 Å². The second kappa shape index (κ2) is 8.15. The maximum atomic E-state index is 10.4. The lowest BCUT2D eigenvalue weighted by Gasteiger charge is -2.25. The van der Waals surface area contributed by atoms with Gasteiger partial charge in [0.2, 0.25) is 0 Å². The monoisotopic (exact) mass is 349 g/mol. The lowest BCUT2D eigenvalue weighted by atomic mass is 9.97. The largest absolute Gasteiger partial charge is 0.389 e. The highest BCUT2D eigenvalue weighted by atomic mass is 35.5. The zero-order valence-corrected chi connectivity index (χ0v) is 15.8. The minimum absolute atomic E-state index is 0.592. The van der Waals surface area contributed by atoms with E-state index in [1.54, 1.807) is 0 Å². The molecule has 0 unspecified atom stereocenters. The van der Waals surface area contributed by atoms with Crippen LogP contribution in [0.15, 0.2) is 24.3 Å². The van der Waals surface area contributed by atoms with Crippen LogP contribution in [0.1, 0.15) is 49.2 Å². The molecule has 1 heterocycles. The van der Waals surface area contributed by atoms with Gasteiger partial charge in [-0.05, 0) is 38.3 Å². The maximum absolute atomic E-state index is 10.4. The normalized spacial score (nSPS) is 11.9. The third-order valence-electron chi connectivity index (χ3n) is 4.88. The summed E-state index contributed by atoms with van der Waals surface area (Å²) >= 11 is 6.26. The molecule has 0 fully saturated rings. The van der Waals surface area contributed by atoms with Gasteiger partial charge in [-0.2, -0.15) is 5.10 Å². The number of aromatic nitrogens is 2. The Morgan fingerprint density at radius 2 is 1.88 bits per heavy atom. The summed E-state index contributed by atoms with van der Waals surface area (Å²) in [6, 6.07) is 7.86. The molecule has 0 bridgehead atoms. The molecule has 2 rings (SSSR count). The van der Waals surface area contributed by atoms with Crippen LogP contribution in [0, 0.1) is 13.8 Å². The second-order valence-corrected chi connectivity index (χ2v) is 6.84. The number of rotatable bonds is 8. The molecule has 0 saturated heterocycles. The first-order chi connectivity index (χ1) is 11.4. The first-order valence-corrected chi connectivity index (χ1v) is 8.97. The van der Waals surface area contributed by atoms with Crippen LogP contribution in [0.2, 0.25) is 5.02 Å². The van der Waals surface area contributed by atoms with Gasteiger partial charge in [-0.15, -0.1) is 0 Å². The van der Waals surface area contributed by atoms with E-state index < -0.39 is 5.60 Å². The molecule has 0 aliphatic carbocycles. The third-order valence-corrected chi connectivity index (χ3v) is 5.25. The van der Waals surface area contributed by atoms with E-state index in [-0.39, 0.29) is 0 Å². The van der Waals surface area contributed by atoms with Gasteiger partial charge in [0.15, 0.2) is 0 Å². The number of aryl methyl sites for hydroxylation is 1. The molecule has 5 heteroatoms. The van der Waals surface area contributed by atoms with E-state index >= 15 is 0 Å². The van der Waals surface area contributed by atoms with E-state index in [0.717, 1.165) is 34.8 Å². The van der Waals surface area contributed by atoms with Crippen molar-refractivity contribution in [3.63, 3.8) is 0 Å². The van der Waals surface area contributed by atoms with Gasteiger partial charge in [-0.1, -0.05) is 43.6 Å². The highest BCUT2D eigenvalue weighted by Crippen LogP contribution is 2.20. The van der Waals surface area contributed by atoms with Crippen molar-refractivity contribution in [3.05, 3.63) is 51.8 Å². The van der Waals surface area contributed by atoms with Crippen molar-refractivity contribution >= 4 is 11.6 Å². The Morgan fingerprint density at radius 1 is 1.21 bits per heavy atom. The number of benzene rings is 1. The van der Waals surface area contributed by atoms with Crippen LogP contribution in [-0.2, 0) is 13.1 Å². The van der Waals surface area contributed by atoms with Gasteiger partial charge in [0, 0.05) is 29.4 Å². The molecule has 0 aliphatic heterocycles. The molecule has 1 aromatic carbocycles. The third kappa shape index (κ3) is 4.38. The van der Waals surface area contributed by atoms with E-state index in [9.17, 15) is 5.11 Å². The molecular weight excluding hydrogens is 322 g/mol. The van der Waals surface area contributed by atoms with Gasteiger partial charge in [0.25, 0.3) is 0 Å². The molecule has 0 spiro atoms. The molecule has 0 amide bonds. The fraction of sp³-hybridized carbons (Fsp3) is 0.526. The number of nitrogens with one attached hydrogen (secondary N) is 1. The summed E-state index contributed by atoms with van der Waals surface area (Å²) in [5.41, 5.74) is 3.78. The van der Waals surface area contributed by atoms with E-state index in [1.165, 1.54) is 5.56 Å². The molecule has 132 valence electrons. The van der Waals surface area contributed by atoms with Gasteiger partial charge in [0.05, 0.1) is 17.8 Å². The van der Waals surface area contributed by atoms with Gasteiger partial charge in [0.1, 0.15) is 0 Å². The molecule has 24 heavy (non-hydrogen) atoms. The number of halogens is 1. The molecule has 2 N–H and O–H groups in total. The molecule has 4 nitrogen and oxygen atoms in total. The summed E-state index contributed by atoms with van der Waals surface area (Å²) in [5, 5.41) is 19.2. The zero-order chi connectivity index (χ0) is 17.7. The Morgan fingerprint density at radius 3 is 2.50 bits per heavy atom. The quantitative estimate of drug-likeness (QED) is 0.761. The first-order valence-electron chi connectivity index (χ1n) is 8.59. The Hall–Kier alpha value is -1.36. The van der Waals surface area contributed by atoms with Crippen molar-refractivity contribution in [3.8, 4) is 0 Å². The molecule has 1 aromatic heterocycles. The topological polar surface area (TPSA) is 50.1 Å². The minimum Gasteiger partial charge on any atom is -0.389 e. The molecule has 2 aromatic rings. The van der Waals surface area contributed by atoms with Crippen molar-refractivity contribution in [1.82, 2.24) is 15.1 Å². The molecule has 0 aliphatic rings. The molecule has 0 atom stereocenters. The second-order valence-electron chi connectivity index (χ2n) is 6.43. The van der Waals surface area contributed by atoms with Crippen molar-refractivity contribution in [2.45, 2.75) is 59.2 Å². The molecule has 0 radical (unpaired) electrons. The average molecular weight is 350 g/mol. The smallest absolute Gasteiger partial charge is 0.0766 e. The minimum atomic E-state index is -0.630. The van der Waals surface area contributed by atoms with Gasteiger partial charge < -0.3 is 10.4 Å². The van der Waals surface area contributed by atoms with Crippen LogP contribution < -0.4 is 5.32 Å². The van der Waals surface area contributed by atoms with Gasteiger partial charge in [-0.3, -0.25) is 4.68 Å². The van der Waals surface area contributed by atoms with Crippen LogP contribution in [0.3, 0.4) is 0 Å². The van der Waals surface area contributed by atoms with E-state index in [1.807, 2.05) is 49.7 Å². The Balaban J connectivity index is 2.08. The van der Waals surface area contributed by atoms with Crippen molar-refractivity contribution in [2.75, 3.05) is 6.54 Å². The average Bonchev–Trinajstić information content (AvgIpc) is 2.84. The SMILES string of the molecule is CCC(O)(CC)CNCc1c(C)nn(Cc2ccccc2Cl)c1C. The first kappa shape index (κ1) is 19.0. The fourth-order valence-electron chi connectivity index (χ4n) is 2.85. The number of aliphatic hydroxyl groups is 1. The predicted octanol–water partition coefficient (Wildman–Crippen LogP) is 3.84. The van der Waals surface area contributed by atoms with Crippen LogP contribution in [0.5, 0.6) is 0 Å². The Labute approximate surface area is 149 Å². The molecular formula is C19H28ClN3O. The highest BCUT2D eigenvalue weighted by molar-refractivity contribution is 6.31. The highest BCUT2D eigenvalue weighted by Gasteiger charge is 2.22. The standard InChI is InChI=1S/C19H28ClN3O/c1-5-19(24,6-2)13-21-11-17-14(3)22-23(15(17)4)12-16-9-7-8-10-18(16)20/h7-10,21,24H,5-6,11-13H2,1-4H3. The van der Waals surface area contributed by atoms with E-state index in [2.05, 4.69) is 17.3 Å². The lowest BCUT2D eigenvalue weighted by Crippen LogP contribution is -2.39. The van der Waals surface area contributed by atoms with Crippen LogP contribution in [0.25, 0.3) is 0 Å². The van der Waals surface area contributed by atoms with Crippen LogP contribution in [-0.4, -0.2) is 27.0 Å². The zero-order valence-electron chi connectivity index (χ0n) is 15.1. The number of nitrogens with zero attached hydrogens (tertiary/aromatic N) is 2. The summed E-state index contributed by atoms with van der Waals surface area (Å²) in [7, 11) is 0. The van der Waals surface area contributed by atoms with E-state index in [4.69, 9.17) is 11.6 Å². The Kier molecular flexibility index (Phi) is 6.44. The lowest BCUT2D eigenvalue weighted by molar-refractivity contribution is 0.0323. The van der Waals surface area contributed by atoms with Crippen molar-refractivity contribution in [2.24, 2.45) is 0 Å². The predicted molar refractivity (Wildman–Crippen MR) is 99.5 cm³/mol. The maximum Gasteiger partial charge on any atom is 0.0766 e. The summed E-state index contributed by atoms with van der Waals surface area (Å²) in [4.78, 5) is 0. The van der Waals surface area contributed by atoms with Crippen LogP contribution >= 0.6 is 11.6 Å². The van der Waals surface area contributed by atoms with Crippen molar-refractivity contribution in [1.29, 1.82) is 0 Å². The van der Waals surface area contributed by atoms with Crippen LogP contribution in [0.4, 0.5) is 0 Å². The van der Waals surface area contributed by atoms with E-state index in [0.29, 0.717) is 19.6 Å². The fourth-order valence-corrected chi connectivity index (χ4v) is 3.05. The van der Waals surface area contributed by atoms with Gasteiger partial charge >= 0.3 is 0 Å². The summed E-state index contributed by atoms with van der Waals surface area (Å²) < 4.78 is 2.00. The molecule has 0 saturated carbocycles. The summed E-state index contributed by atoms with van der Waals surface area (Å²) in [6.07, 6.45) is 1.50.